The third-order valence-corrected chi connectivity index (χ3v) is 5.60. The van der Waals surface area contributed by atoms with Crippen molar-refractivity contribution in [2.45, 2.75) is 25.0 Å². The average molecular weight is 436 g/mol. The third kappa shape index (κ3) is 7.45. The summed E-state index contributed by atoms with van der Waals surface area (Å²) in [6.07, 6.45) is 2.24. The number of hydrogen-bond acceptors (Lipinski definition) is 5. The predicted molar refractivity (Wildman–Crippen MR) is 118 cm³/mol. The zero-order valence-corrected chi connectivity index (χ0v) is 18.5. The number of guanidine groups is 1. The lowest BCUT2D eigenvalue weighted by Crippen LogP contribution is -2.47. The molecule has 172 valence electrons. The van der Waals surface area contributed by atoms with Gasteiger partial charge < -0.3 is 25.0 Å². The average Bonchev–Trinajstić information content (AvgIpc) is 3.30. The summed E-state index contributed by atoms with van der Waals surface area (Å²) < 4.78 is 24.7. The molecule has 9 heteroatoms. The van der Waals surface area contributed by atoms with Crippen LogP contribution in [0.5, 0.6) is 0 Å². The van der Waals surface area contributed by atoms with Crippen molar-refractivity contribution in [2.24, 2.45) is 4.99 Å². The van der Waals surface area contributed by atoms with Crippen LogP contribution in [0.4, 0.5) is 4.39 Å². The number of carbonyl (C=O) groups is 1. The molecule has 2 fully saturated rings. The Kier molecular flexibility index (Phi) is 9.05. The van der Waals surface area contributed by atoms with Crippen molar-refractivity contribution in [3.05, 3.63) is 35.6 Å². The summed E-state index contributed by atoms with van der Waals surface area (Å²) in [6, 6.07) is 6.66. The lowest BCUT2D eigenvalue weighted by molar-refractivity contribution is -0.127. The van der Waals surface area contributed by atoms with E-state index in [0.717, 1.165) is 38.1 Å². The Bertz CT molecular complexity index is 716. The number of benzene rings is 1. The normalized spacial score (nSPS) is 21.0. The molecule has 31 heavy (non-hydrogen) atoms. The first-order valence-electron chi connectivity index (χ1n) is 10.9. The molecule has 0 saturated carbocycles. The summed E-state index contributed by atoms with van der Waals surface area (Å²) in [4.78, 5) is 20.4. The lowest BCUT2D eigenvalue weighted by atomic mass is 10.0. The summed E-state index contributed by atoms with van der Waals surface area (Å²) in [5.74, 6) is 0.257. The molecule has 1 aromatic carbocycles. The second kappa shape index (κ2) is 12.0. The molecule has 0 spiro atoms. The lowest BCUT2D eigenvalue weighted by Gasteiger charge is -2.35. The fourth-order valence-electron chi connectivity index (χ4n) is 3.70. The molecular formula is C22H34FN5O3. The van der Waals surface area contributed by atoms with Gasteiger partial charge in [0.15, 0.2) is 5.96 Å². The van der Waals surface area contributed by atoms with Crippen molar-refractivity contribution in [1.82, 2.24) is 20.4 Å². The maximum atomic E-state index is 13.5. The number of halogens is 1. The fraction of sp³-hybridized carbons (Fsp3) is 0.636. The van der Waals surface area contributed by atoms with Crippen LogP contribution in [0, 0.1) is 5.82 Å². The second-order valence-electron chi connectivity index (χ2n) is 8.07. The maximum Gasteiger partial charge on any atom is 0.243 e. The predicted octanol–water partition coefficient (Wildman–Crippen LogP) is 1.00. The van der Waals surface area contributed by atoms with Crippen LogP contribution in [0.15, 0.2) is 29.3 Å². The molecule has 2 atom stereocenters. The number of amides is 1. The molecule has 0 aromatic heterocycles. The van der Waals surface area contributed by atoms with Crippen LogP contribution in [0.2, 0.25) is 0 Å². The van der Waals surface area contributed by atoms with Gasteiger partial charge in [0.2, 0.25) is 5.91 Å². The Hall–Kier alpha value is -2.23. The Morgan fingerprint density at radius 1 is 1.23 bits per heavy atom. The van der Waals surface area contributed by atoms with Crippen molar-refractivity contribution < 1.29 is 18.7 Å². The van der Waals surface area contributed by atoms with E-state index in [0.29, 0.717) is 32.3 Å². The summed E-state index contributed by atoms with van der Waals surface area (Å²) in [7, 11) is 3.43. The van der Waals surface area contributed by atoms with E-state index in [1.54, 1.807) is 14.1 Å². The quantitative estimate of drug-likeness (QED) is 0.469. The van der Waals surface area contributed by atoms with Gasteiger partial charge in [-0.3, -0.25) is 9.69 Å². The molecular weight excluding hydrogens is 401 g/mol. The molecule has 2 N–H and O–H groups in total. The maximum absolute atomic E-state index is 13.5. The van der Waals surface area contributed by atoms with Crippen LogP contribution in [-0.2, 0) is 14.3 Å². The second-order valence-corrected chi connectivity index (χ2v) is 8.07. The van der Waals surface area contributed by atoms with E-state index in [4.69, 9.17) is 9.47 Å². The van der Waals surface area contributed by atoms with Gasteiger partial charge in [-0.15, -0.1) is 0 Å². The Balaban J connectivity index is 1.68. The molecule has 2 heterocycles. The van der Waals surface area contributed by atoms with E-state index in [1.807, 2.05) is 12.1 Å². The Morgan fingerprint density at radius 3 is 2.61 bits per heavy atom. The van der Waals surface area contributed by atoms with Gasteiger partial charge in [-0.1, -0.05) is 12.1 Å². The topological polar surface area (TPSA) is 78.4 Å². The van der Waals surface area contributed by atoms with Crippen molar-refractivity contribution in [3.8, 4) is 0 Å². The van der Waals surface area contributed by atoms with Crippen molar-refractivity contribution in [2.75, 3.05) is 66.6 Å². The van der Waals surface area contributed by atoms with Crippen LogP contribution in [-0.4, -0.2) is 94.4 Å². The molecule has 2 unspecified atom stereocenters. The van der Waals surface area contributed by atoms with Gasteiger partial charge in [0.05, 0.1) is 25.4 Å². The number of ether oxygens (including phenoxy) is 2. The largest absolute Gasteiger partial charge is 0.379 e. The zero-order valence-electron chi connectivity index (χ0n) is 18.5. The molecule has 1 amide bonds. The molecule has 8 nitrogen and oxygen atoms in total. The van der Waals surface area contributed by atoms with Gasteiger partial charge in [0.1, 0.15) is 12.4 Å². The molecule has 1 aromatic rings. The number of nitrogens with zero attached hydrogens (tertiary/aromatic N) is 3. The van der Waals surface area contributed by atoms with Gasteiger partial charge in [0, 0.05) is 46.9 Å². The van der Waals surface area contributed by atoms with Gasteiger partial charge in [-0.2, -0.15) is 0 Å². The number of carbonyl (C=O) groups excluding carboxylic acids is 1. The smallest absolute Gasteiger partial charge is 0.243 e. The first kappa shape index (κ1) is 23.4. The van der Waals surface area contributed by atoms with E-state index < -0.39 is 0 Å². The summed E-state index contributed by atoms with van der Waals surface area (Å²) >= 11 is 0. The monoisotopic (exact) mass is 435 g/mol. The molecule has 3 rings (SSSR count). The van der Waals surface area contributed by atoms with E-state index >= 15 is 0 Å². The fourth-order valence-corrected chi connectivity index (χ4v) is 3.70. The summed E-state index contributed by atoms with van der Waals surface area (Å²) in [5, 5.41) is 6.70. The Morgan fingerprint density at radius 2 is 1.97 bits per heavy atom. The summed E-state index contributed by atoms with van der Waals surface area (Å²) in [5.41, 5.74) is 1.03. The molecule has 2 saturated heterocycles. The van der Waals surface area contributed by atoms with E-state index in [9.17, 15) is 9.18 Å². The molecule has 0 bridgehead atoms. The third-order valence-electron chi connectivity index (χ3n) is 5.60. The number of morpholine rings is 1. The Labute approximate surface area is 183 Å². The van der Waals surface area contributed by atoms with Gasteiger partial charge in [0.25, 0.3) is 0 Å². The van der Waals surface area contributed by atoms with Gasteiger partial charge >= 0.3 is 0 Å². The molecule has 2 aliphatic rings. The molecule has 0 aliphatic carbocycles. The van der Waals surface area contributed by atoms with E-state index in [1.165, 1.54) is 17.0 Å². The zero-order chi connectivity index (χ0) is 22.1. The number of likely N-dealkylation sites (N-methyl/N-ethyl adjacent to an activating group) is 1. The number of hydrogen-bond donors (Lipinski definition) is 2. The van der Waals surface area contributed by atoms with Crippen LogP contribution >= 0.6 is 0 Å². The minimum absolute atomic E-state index is 0.0313. The standard InChI is InChI=1S/C22H34FN5O3/c1-27(2)21(29)16-26-22(24-14-19-4-3-11-31-19)25-15-20(28-9-12-30-13-10-28)17-5-7-18(23)8-6-17/h5-8,19-20H,3-4,9-16H2,1-2H3,(H2,24,25,26). The molecule has 2 aliphatic heterocycles. The minimum atomic E-state index is -0.250. The van der Waals surface area contributed by atoms with Crippen molar-refractivity contribution >= 4 is 11.9 Å². The number of nitrogens with one attached hydrogen (secondary N) is 2. The SMILES string of the molecule is CN(C)C(=O)CN=C(NCC1CCCO1)NCC(c1ccc(F)cc1)N1CCOCC1. The highest BCUT2D eigenvalue weighted by molar-refractivity contribution is 5.84. The highest BCUT2D eigenvalue weighted by atomic mass is 19.1. The first-order chi connectivity index (χ1) is 15.0. The van der Waals surface area contributed by atoms with Gasteiger partial charge in [-0.05, 0) is 30.5 Å². The van der Waals surface area contributed by atoms with Crippen LogP contribution in [0.3, 0.4) is 0 Å². The van der Waals surface area contributed by atoms with Crippen LogP contribution in [0.25, 0.3) is 0 Å². The number of aliphatic imine (C=N–C) groups is 1. The highest BCUT2D eigenvalue weighted by Crippen LogP contribution is 2.21. The van der Waals surface area contributed by atoms with Crippen LogP contribution < -0.4 is 10.6 Å². The van der Waals surface area contributed by atoms with Crippen molar-refractivity contribution in [1.29, 1.82) is 0 Å². The molecule has 0 radical (unpaired) electrons. The van der Waals surface area contributed by atoms with Crippen LogP contribution in [0.1, 0.15) is 24.4 Å². The van der Waals surface area contributed by atoms with Gasteiger partial charge in [-0.25, -0.2) is 9.38 Å². The first-order valence-corrected chi connectivity index (χ1v) is 10.9. The van der Waals surface area contributed by atoms with E-state index in [2.05, 4.69) is 20.5 Å². The number of rotatable bonds is 8. The van der Waals surface area contributed by atoms with E-state index in [-0.39, 0.29) is 30.4 Å². The summed E-state index contributed by atoms with van der Waals surface area (Å²) in [6.45, 7) is 5.01. The highest BCUT2D eigenvalue weighted by Gasteiger charge is 2.23. The minimum Gasteiger partial charge on any atom is -0.379 e. The van der Waals surface area contributed by atoms with Crippen molar-refractivity contribution in [3.63, 3.8) is 0 Å².